The van der Waals surface area contributed by atoms with Gasteiger partial charge in [-0.05, 0) is 44.1 Å². The van der Waals surface area contributed by atoms with E-state index in [2.05, 4.69) is 0 Å². The van der Waals surface area contributed by atoms with E-state index in [4.69, 9.17) is 8.92 Å². The highest BCUT2D eigenvalue weighted by Crippen LogP contribution is 2.18. The van der Waals surface area contributed by atoms with E-state index in [0.29, 0.717) is 6.42 Å². The molecular formula is C19H25NO4S. The summed E-state index contributed by atoms with van der Waals surface area (Å²) < 4.78 is 35.0. The van der Waals surface area contributed by atoms with Gasteiger partial charge in [0, 0.05) is 19.8 Å². The molecular weight excluding hydrogens is 338 g/mol. The van der Waals surface area contributed by atoms with Gasteiger partial charge >= 0.3 is 0 Å². The molecule has 1 aliphatic rings. The second-order valence-corrected chi connectivity index (χ2v) is 7.75. The molecule has 6 heteroatoms. The van der Waals surface area contributed by atoms with E-state index in [-0.39, 0.29) is 4.90 Å². The van der Waals surface area contributed by atoms with E-state index in [1.165, 1.54) is 0 Å². The number of methoxy groups -OCH3 is 1. The standard InChI is InChI=1S/C19H25NO4S/c1-15-8-10-19(11-9-15)25(21,22)24-16(2)6-5-7-17-12-18(23-4)14-20(3)13-17/h5,7-12,14,16H,6,13H2,1-4H3/b7-5+. The number of rotatable bonds is 7. The maximum atomic E-state index is 12.3. The summed E-state index contributed by atoms with van der Waals surface area (Å²) in [5.74, 6) is 0.791. The monoisotopic (exact) mass is 363 g/mol. The molecule has 25 heavy (non-hydrogen) atoms. The van der Waals surface area contributed by atoms with Gasteiger partial charge in [0.25, 0.3) is 10.1 Å². The average molecular weight is 363 g/mol. The number of allylic oxidation sites excluding steroid dienone is 1. The molecule has 0 radical (unpaired) electrons. The lowest BCUT2D eigenvalue weighted by Crippen LogP contribution is -2.18. The molecule has 0 spiro atoms. The van der Waals surface area contributed by atoms with Crippen LogP contribution in [-0.4, -0.2) is 40.1 Å². The minimum Gasteiger partial charge on any atom is -0.495 e. The van der Waals surface area contributed by atoms with Crippen LogP contribution >= 0.6 is 0 Å². The van der Waals surface area contributed by atoms with Crippen LogP contribution in [0.2, 0.25) is 0 Å². The third kappa shape index (κ3) is 5.76. The molecule has 0 fully saturated rings. The number of aryl methyl sites for hydroxylation is 1. The quantitative estimate of drug-likeness (QED) is 0.695. The second kappa shape index (κ2) is 8.36. The summed E-state index contributed by atoms with van der Waals surface area (Å²) in [4.78, 5) is 2.21. The highest BCUT2D eigenvalue weighted by atomic mass is 32.2. The van der Waals surface area contributed by atoms with Gasteiger partial charge in [-0.3, -0.25) is 4.18 Å². The molecule has 1 atom stereocenters. The van der Waals surface area contributed by atoms with Gasteiger partial charge < -0.3 is 9.64 Å². The first-order valence-electron chi connectivity index (χ1n) is 8.13. The SMILES string of the molecule is COC1=CN(C)CC(/C=C/CC(C)OS(=O)(=O)c2ccc(C)cc2)=C1. The van der Waals surface area contributed by atoms with Crippen LogP contribution in [0.3, 0.4) is 0 Å². The summed E-state index contributed by atoms with van der Waals surface area (Å²) in [6, 6.07) is 6.64. The summed E-state index contributed by atoms with van der Waals surface area (Å²) in [6.45, 7) is 4.43. The van der Waals surface area contributed by atoms with Crippen molar-refractivity contribution in [2.45, 2.75) is 31.3 Å². The van der Waals surface area contributed by atoms with Crippen LogP contribution in [0.25, 0.3) is 0 Å². The zero-order chi connectivity index (χ0) is 18.4. The number of hydrogen-bond donors (Lipinski definition) is 0. The number of likely N-dealkylation sites (N-methyl/N-ethyl adjacent to an activating group) is 1. The zero-order valence-electron chi connectivity index (χ0n) is 15.1. The van der Waals surface area contributed by atoms with E-state index >= 15 is 0 Å². The first-order chi connectivity index (χ1) is 11.8. The Bertz CT molecular complexity index is 776. The molecule has 1 heterocycles. The van der Waals surface area contributed by atoms with Crippen LogP contribution in [0.1, 0.15) is 18.9 Å². The van der Waals surface area contributed by atoms with Crippen LogP contribution in [0.5, 0.6) is 0 Å². The van der Waals surface area contributed by atoms with Gasteiger partial charge in [-0.2, -0.15) is 8.42 Å². The molecule has 0 saturated carbocycles. The molecule has 0 aliphatic carbocycles. The Morgan fingerprint density at radius 2 is 1.96 bits per heavy atom. The van der Waals surface area contributed by atoms with Gasteiger partial charge in [0.15, 0.2) is 0 Å². The summed E-state index contributed by atoms with van der Waals surface area (Å²) in [5, 5.41) is 0. The lowest BCUT2D eigenvalue weighted by Gasteiger charge is -2.21. The van der Waals surface area contributed by atoms with Crippen molar-refractivity contribution >= 4 is 10.1 Å². The van der Waals surface area contributed by atoms with Gasteiger partial charge in [-0.1, -0.05) is 29.8 Å². The molecule has 0 bridgehead atoms. The number of nitrogens with zero attached hydrogens (tertiary/aromatic N) is 1. The molecule has 136 valence electrons. The third-order valence-corrected chi connectivity index (χ3v) is 5.17. The predicted octanol–water partition coefficient (Wildman–Crippen LogP) is 3.39. The minimum absolute atomic E-state index is 0.181. The highest BCUT2D eigenvalue weighted by molar-refractivity contribution is 7.86. The maximum absolute atomic E-state index is 12.3. The second-order valence-electron chi connectivity index (χ2n) is 6.18. The molecule has 0 N–H and O–H groups in total. The molecule has 0 saturated heterocycles. The number of hydrogen-bond acceptors (Lipinski definition) is 5. The Morgan fingerprint density at radius 3 is 2.60 bits per heavy atom. The highest BCUT2D eigenvalue weighted by Gasteiger charge is 2.18. The van der Waals surface area contributed by atoms with Gasteiger partial charge in [0.1, 0.15) is 5.76 Å². The topological polar surface area (TPSA) is 55.8 Å². The van der Waals surface area contributed by atoms with Gasteiger partial charge in [-0.25, -0.2) is 0 Å². The summed E-state index contributed by atoms with van der Waals surface area (Å²) in [6.07, 6.45) is 7.84. The summed E-state index contributed by atoms with van der Waals surface area (Å²) >= 11 is 0. The fourth-order valence-corrected chi connectivity index (χ4v) is 3.55. The molecule has 1 aromatic rings. The summed E-state index contributed by atoms with van der Waals surface area (Å²) in [5.41, 5.74) is 2.10. The Labute approximate surface area is 150 Å². The van der Waals surface area contributed by atoms with Crippen LogP contribution in [-0.2, 0) is 19.0 Å². The largest absolute Gasteiger partial charge is 0.495 e. The fourth-order valence-electron chi connectivity index (χ4n) is 2.46. The first kappa shape index (κ1) is 19.3. The Hall–Kier alpha value is -2.05. The van der Waals surface area contributed by atoms with Crippen LogP contribution in [0.15, 0.2) is 64.9 Å². The Balaban J connectivity index is 1.94. The van der Waals surface area contributed by atoms with Crippen molar-refractivity contribution in [3.05, 3.63) is 65.6 Å². The van der Waals surface area contributed by atoms with E-state index in [9.17, 15) is 8.42 Å². The van der Waals surface area contributed by atoms with E-state index in [1.807, 2.05) is 43.3 Å². The Morgan fingerprint density at radius 1 is 1.28 bits per heavy atom. The maximum Gasteiger partial charge on any atom is 0.297 e. The van der Waals surface area contributed by atoms with Crippen molar-refractivity contribution in [2.75, 3.05) is 20.7 Å². The van der Waals surface area contributed by atoms with Crippen molar-refractivity contribution < 1.29 is 17.3 Å². The van der Waals surface area contributed by atoms with Gasteiger partial charge in [-0.15, -0.1) is 0 Å². The minimum atomic E-state index is -3.74. The number of ether oxygens (including phenoxy) is 1. The molecule has 5 nitrogen and oxygen atoms in total. The summed E-state index contributed by atoms with van der Waals surface area (Å²) in [7, 11) is -0.133. The van der Waals surface area contributed by atoms with Crippen molar-refractivity contribution in [1.29, 1.82) is 0 Å². The molecule has 1 unspecified atom stereocenters. The molecule has 0 aromatic heterocycles. The van der Waals surface area contributed by atoms with E-state index in [1.54, 1.807) is 38.3 Å². The van der Waals surface area contributed by atoms with Crippen LogP contribution in [0.4, 0.5) is 0 Å². The van der Waals surface area contributed by atoms with E-state index in [0.717, 1.165) is 23.4 Å². The van der Waals surface area contributed by atoms with Crippen LogP contribution < -0.4 is 0 Å². The smallest absolute Gasteiger partial charge is 0.297 e. The Kier molecular flexibility index (Phi) is 6.45. The molecule has 1 aromatic carbocycles. The predicted molar refractivity (Wildman–Crippen MR) is 98.5 cm³/mol. The van der Waals surface area contributed by atoms with Crippen LogP contribution in [0, 0.1) is 6.92 Å². The van der Waals surface area contributed by atoms with Gasteiger partial charge in [0.05, 0.1) is 18.1 Å². The van der Waals surface area contributed by atoms with Crippen molar-refractivity contribution in [3.63, 3.8) is 0 Å². The fraction of sp³-hybridized carbons (Fsp3) is 0.368. The number of benzene rings is 1. The van der Waals surface area contributed by atoms with Crippen molar-refractivity contribution in [2.24, 2.45) is 0 Å². The molecule has 2 rings (SSSR count). The van der Waals surface area contributed by atoms with Crippen molar-refractivity contribution in [3.8, 4) is 0 Å². The first-order valence-corrected chi connectivity index (χ1v) is 9.54. The normalized spacial score (nSPS) is 16.6. The molecule has 0 amide bonds. The third-order valence-electron chi connectivity index (χ3n) is 3.74. The lowest BCUT2D eigenvalue weighted by atomic mass is 10.1. The average Bonchev–Trinajstić information content (AvgIpc) is 2.54. The lowest BCUT2D eigenvalue weighted by molar-refractivity contribution is 0.232. The van der Waals surface area contributed by atoms with E-state index < -0.39 is 16.2 Å². The molecule has 1 aliphatic heterocycles. The van der Waals surface area contributed by atoms with Gasteiger partial charge in [0.2, 0.25) is 0 Å². The van der Waals surface area contributed by atoms with Crippen molar-refractivity contribution in [1.82, 2.24) is 4.90 Å². The zero-order valence-corrected chi connectivity index (χ0v) is 15.9.